The fourth-order valence-electron chi connectivity index (χ4n) is 2.19. The smallest absolute Gasteiger partial charge is 0.119 e. The molecule has 15 heavy (non-hydrogen) atoms. The van der Waals surface area contributed by atoms with Gasteiger partial charge in [0.2, 0.25) is 0 Å². The van der Waals surface area contributed by atoms with E-state index < -0.39 is 0 Å². The van der Waals surface area contributed by atoms with Crippen molar-refractivity contribution in [2.75, 3.05) is 0 Å². The molecule has 2 atom stereocenters. The highest BCUT2D eigenvalue weighted by Gasteiger charge is 2.19. The summed E-state index contributed by atoms with van der Waals surface area (Å²) in [5, 5.41) is 0. The fraction of sp³-hybridized carbons (Fsp3) is 0.538. The van der Waals surface area contributed by atoms with Crippen molar-refractivity contribution in [1.29, 1.82) is 0 Å². The molecule has 2 unspecified atom stereocenters. The number of ether oxygens (including phenoxy) is 1. The van der Waals surface area contributed by atoms with Crippen molar-refractivity contribution in [1.82, 2.24) is 0 Å². The average Bonchev–Trinajstić information content (AvgIpc) is 2.22. The molecular formula is C13H17BrO. The molecule has 0 saturated heterocycles. The molecule has 0 aliphatic heterocycles. The van der Waals surface area contributed by atoms with Crippen molar-refractivity contribution < 1.29 is 4.74 Å². The second-order valence-corrected chi connectivity index (χ2v) is 5.38. The molecule has 0 spiro atoms. The van der Waals surface area contributed by atoms with Crippen LogP contribution in [0.2, 0.25) is 0 Å². The van der Waals surface area contributed by atoms with Crippen LogP contribution in [0.4, 0.5) is 0 Å². The van der Waals surface area contributed by atoms with Gasteiger partial charge in [-0.1, -0.05) is 29.3 Å². The van der Waals surface area contributed by atoms with Gasteiger partial charge in [0.25, 0.3) is 0 Å². The number of rotatable bonds is 2. The fourth-order valence-corrected chi connectivity index (χ4v) is 2.46. The van der Waals surface area contributed by atoms with Gasteiger partial charge in [-0.3, -0.25) is 0 Å². The quantitative estimate of drug-likeness (QED) is 0.772. The lowest BCUT2D eigenvalue weighted by Crippen LogP contribution is -2.23. The molecular weight excluding hydrogens is 252 g/mol. The summed E-state index contributed by atoms with van der Waals surface area (Å²) in [7, 11) is 0. The molecule has 0 aromatic heterocycles. The van der Waals surface area contributed by atoms with E-state index in [1.54, 1.807) is 0 Å². The molecule has 0 bridgehead atoms. The van der Waals surface area contributed by atoms with Crippen LogP contribution in [0.1, 0.15) is 32.6 Å². The molecule has 0 N–H and O–H groups in total. The van der Waals surface area contributed by atoms with E-state index in [0.717, 1.165) is 16.1 Å². The minimum absolute atomic E-state index is 0.426. The van der Waals surface area contributed by atoms with Crippen LogP contribution < -0.4 is 4.74 Å². The second kappa shape index (κ2) is 5.02. The molecule has 1 aromatic rings. The van der Waals surface area contributed by atoms with Crippen LogP contribution in [-0.2, 0) is 0 Å². The lowest BCUT2D eigenvalue weighted by atomic mass is 9.89. The predicted octanol–water partition coefficient (Wildman–Crippen LogP) is 4.41. The van der Waals surface area contributed by atoms with Crippen LogP contribution in [0.3, 0.4) is 0 Å². The van der Waals surface area contributed by atoms with Crippen LogP contribution in [0.5, 0.6) is 5.75 Å². The summed E-state index contributed by atoms with van der Waals surface area (Å²) in [5.74, 6) is 1.82. The van der Waals surface area contributed by atoms with Crippen molar-refractivity contribution in [3.63, 3.8) is 0 Å². The standard InChI is InChI=1S/C13H17BrO/c1-10-3-2-4-13(9-10)15-12-7-5-11(14)6-8-12/h5-8,10,13H,2-4,9H2,1H3. The largest absolute Gasteiger partial charge is 0.490 e. The highest BCUT2D eigenvalue weighted by atomic mass is 79.9. The number of halogens is 1. The normalized spacial score (nSPS) is 26.3. The van der Waals surface area contributed by atoms with Gasteiger partial charge < -0.3 is 4.74 Å². The first-order chi connectivity index (χ1) is 7.24. The summed E-state index contributed by atoms with van der Waals surface area (Å²) >= 11 is 3.42. The van der Waals surface area contributed by atoms with Crippen LogP contribution >= 0.6 is 15.9 Å². The van der Waals surface area contributed by atoms with Gasteiger partial charge in [-0.2, -0.15) is 0 Å². The van der Waals surface area contributed by atoms with E-state index in [0.29, 0.717) is 6.10 Å². The molecule has 0 radical (unpaired) electrons. The molecule has 1 aliphatic carbocycles. The average molecular weight is 269 g/mol. The predicted molar refractivity (Wildman–Crippen MR) is 66.2 cm³/mol. The topological polar surface area (TPSA) is 9.23 Å². The van der Waals surface area contributed by atoms with Crippen molar-refractivity contribution in [2.24, 2.45) is 5.92 Å². The van der Waals surface area contributed by atoms with E-state index in [-0.39, 0.29) is 0 Å². The Morgan fingerprint density at radius 2 is 1.93 bits per heavy atom. The molecule has 0 amide bonds. The van der Waals surface area contributed by atoms with Gasteiger partial charge in [0.1, 0.15) is 5.75 Å². The van der Waals surface area contributed by atoms with Gasteiger partial charge in [0, 0.05) is 4.47 Å². The molecule has 1 nitrogen and oxygen atoms in total. The van der Waals surface area contributed by atoms with Crippen molar-refractivity contribution in [2.45, 2.75) is 38.7 Å². The van der Waals surface area contributed by atoms with Crippen LogP contribution in [0.15, 0.2) is 28.7 Å². The molecule has 82 valence electrons. The summed E-state index contributed by atoms with van der Waals surface area (Å²) in [4.78, 5) is 0. The number of hydrogen-bond donors (Lipinski definition) is 0. The molecule has 0 heterocycles. The zero-order chi connectivity index (χ0) is 10.7. The Kier molecular flexibility index (Phi) is 3.68. The summed E-state index contributed by atoms with van der Waals surface area (Å²) in [6.45, 7) is 2.32. The Labute approximate surface area is 100.0 Å². The van der Waals surface area contributed by atoms with Gasteiger partial charge >= 0.3 is 0 Å². The third kappa shape index (κ3) is 3.23. The molecule has 2 heteroatoms. The van der Waals surface area contributed by atoms with Crippen LogP contribution in [-0.4, -0.2) is 6.10 Å². The van der Waals surface area contributed by atoms with Gasteiger partial charge in [-0.15, -0.1) is 0 Å². The summed E-state index contributed by atoms with van der Waals surface area (Å²) in [5.41, 5.74) is 0. The van der Waals surface area contributed by atoms with Crippen molar-refractivity contribution >= 4 is 15.9 Å². The Morgan fingerprint density at radius 1 is 1.20 bits per heavy atom. The van der Waals surface area contributed by atoms with Crippen molar-refractivity contribution in [3.05, 3.63) is 28.7 Å². The first-order valence-corrected chi connectivity index (χ1v) is 6.45. The van der Waals surface area contributed by atoms with Gasteiger partial charge in [-0.05, 0) is 49.4 Å². The molecule has 1 fully saturated rings. The van der Waals surface area contributed by atoms with Crippen LogP contribution in [0, 0.1) is 5.92 Å². The highest BCUT2D eigenvalue weighted by Crippen LogP contribution is 2.27. The Morgan fingerprint density at radius 3 is 2.60 bits per heavy atom. The first-order valence-electron chi connectivity index (χ1n) is 5.66. The third-order valence-corrected chi connectivity index (χ3v) is 3.53. The molecule has 1 aliphatic rings. The van der Waals surface area contributed by atoms with E-state index in [2.05, 4.69) is 22.9 Å². The lowest BCUT2D eigenvalue weighted by Gasteiger charge is -2.27. The first kappa shape index (κ1) is 11.0. The molecule has 1 saturated carbocycles. The second-order valence-electron chi connectivity index (χ2n) is 4.47. The van der Waals surface area contributed by atoms with Gasteiger partial charge in [0.15, 0.2) is 0 Å². The Balaban J connectivity index is 1.93. The summed E-state index contributed by atoms with van der Waals surface area (Å²) in [6.07, 6.45) is 5.51. The third-order valence-electron chi connectivity index (χ3n) is 3.00. The van der Waals surface area contributed by atoms with E-state index in [1.807, 2.05) is 24.3 Å². The van der Waals surface area contributed by atoms with Gasteiger partial charge in [0.05, 0.1) is 6.10 Å². The van der Waals surface area contributed by atoms with Crippen molar-refractivity contribution in [3.8, 4) is 5.75 Å². The number of benzene rings is 1. The zero-order valence-electron chi connectivity index (χ0n) is 9.08. The minimum Gasteiger partial charge on any atom is -0.490 e. The van der Waals surface area contributed by atoms with E-state index >= 15 is 0 Å². The molecule has 2 rings (SSSR count). The number of hydrogen-bond acceptors (Lipinski definition) is 1. The van der Waals surface area contributed by atoms with E-state index in [1.165, 1.54) is 25.7 Å². The summed E-state index contributed by atoms with van der Waals surface area (Å²) < 4.78 is 7.06. The van der Waals surface area contributed by atoms with Gasteiger partial charge in [-0.25, -0.2) is 0 Å². The maximum atomic E-state index is 5.96. The highest BCUT2D eigenvalue weighted by molar-refractivity contribution is 9.10. The van der Waals surface area contributed by atoms with Crippen LogP contribution in [0.25, 0.3) is 0 Å². The van der Waals surface area contributed by atoms with E-state index in [9.17, 15) is 0 Å². The maximum Gasteiger partial charge on any atom is 0.119 e. The zero-order valence-corrected chi connectivity index (χ0v) is 10.7. The SMILES string of the molecule is CC1CCCC(Oc2ccc(Br)cc2)C1. The Hall–Kier alpha value is -0.500. The Bertz CT molecular complexity index is 307. The monoisotopic (exact) mass is 268 g/mol. The lowest BCUT2D eigenvalue weighted by molar-refractivity contribution is 0.129. The molecule has 1 aromatic carbocycles. The van der Waals surface area contributed by atoms with E-state index in [4.69, 9.17) is 4.74 Å². The summed E-state index contributed by atoms with van der Waals surface area (Å²) in [6, 6.07) is 8.12. The minimum atomic E-state index is 0.426. The maximum absolute atomic E-state index is 5.96.